The Morgan fingerprint density at radius 3 is 2.40 bits per heavy atom. The van der Waals surface area contributed by atoms with Gasteiger partial charge in [0.25, 0.3) is 0 Å². The van der Waals surface area contributed by atoms with E-state index in [4.69, 9.17) is 14.2 Å². The molecule has 2 aromatic rings. The number of allylic oxidation sites excluding steroid dienone is 1. The number of ether oxygens (including phenoxy) is 3. The number of benzene rings is 2. The van der Waals surface area contributed by atoms with Gasteiger partial charge in [-0.15, -0.1) is 0 Å². The molecular weight excluding hydrogens is 390 g/mol. The molecule has 0 amide bonds. The molecule has 2 rings (SSSR count). The molecular formula is C18H18BrNO5. The van der Waals surface area contributed by atoms with Gasteiger partial charge in [0.1, 0.15) is 5.75 Å². The van der Waals surface area contributed by atoms with Crippen molar-refractivity contribution < 1.29 is 24.1 Å². The van der Waals surface area contributed by atoms with Gasteiger partial charge in [0.2, 0.25) is 5.75 Å². The molecule has 2 N–H and O–H groups in total. The van der Waals surface area contributed by atoms with E-state index in [1.165, 1.54) is 33.6 Å². The molecule has 0 heterocycles. The van der Waals surface area contributed by atoms with Crippen LogP contribution in [-0.2, 0) is 0 Å². The Hall–Kier alpha value is -2.67. The lowest BCUT2D eigenvalue weighted by atomic mass is 10.1. The van der Waals surface area contributed by atoms with Crippen molar-refractivity contribution >= 4 is 27.4 Å². The van der Waals surface area contributed by atoms with Gasteiger partial charge in [-0.25, -0.2) is 0 Å². The zero-order chi connectivity index (χ0) is 18.4. The Bertz CT molecular complexity index is 804. The number of carbonyl (C=O) groups is 1. The van der Waals surface area contributed by atoms with E-state index in [0.717, 1.165) is 0 Å². The van der Waals surface area contributed by atoms with Crippen molar-refractivity contribution in [2.24, 2.45) is 0 Å². The molecule has 0 spiro atoms. The number of nitrogens with one attached hydrogen (secondary N) is 1. The minimum atomic E-state index is -0.283. The predicted molar refractivity (Wildman–Crippen MR) is 99.0 cm³/mol. The first-order chi connectivity index (χ1) is 12.0. The average molecular weight is 408 g/mol. The van der Waals surface area contributed by atoms with Crippen molar-refractivity contribution in [2.75, 3.05) is 26.6 Å². The zero-order valence-corrected chi connectivity index (χ0v) is 15.6. The summed E-state index contributed by atoms with van der Waals surface area (Å²) in [6, 6.07) is 8.29. The average Bonchev–Trinajstić information content (AvgIpc) is 2.62. The number of carbonyl (C=O) groups excluding carboxylic acids is 1. The lowest BCUT2D eigenvalue weighted by molar-refractivity contribution is 0.104. The third-order valence-corrected chi connectivity index (χ3v) is 4.20. The van der Waals surface area contributed by atoms with E-state index in [9.17, 15) is 9.90 Å². The summed E-state index contributed by atoms with van der Waals surface area (Å²) in [7, 11) is 4.45. The number of hydrogen-bond acceptors (Lipinski definition) is 6. The molecule has 0 aliphatic heterocycles. The Balaban J connectivity index is 2.30. The number of phenols is 1. The second-order valence-electron chi connectivity index (χ2n) is 4.87. The third-order valence-electron chi connectivity index (χ3n) is 3.41. The Morgan fingerprint density at radius 2 is 1.80 bits per heavy atom. The molecule has 0 aliphatic rings. The maximum Gasteiger partial charge on any atom is 0.204 e. The number of para-hydroxylation sites is 2. The van der Waals surface area contributed by atoms with Crippen molar-refractivity contribution in [1.82, 2.24) is 0 Å². The molecule has 0 saturated carbocycles. The van der Waals surface area contributed by atoms with Crippen LogP contribution in [0.25, 0.3) is 0 Å². The van der Waals surface area contributed by atoms with Crippen LogP contribution in [0.1, 0.15) is 10.4 Å². The molecule has 6 nitrogen and oxygen atoms in total. The fraction of sp³-hybridized carbons (Fsp3) is 0.167. The largest absolute Gasteiger partial charge is 0.506 e. The van der Waals surface area contributed by atoms with Crippen LogP contribution in [0.3, 0.4) is 0 Å². The summed E-state index contributed by atoms with van der Waals surface area (Å²) in [6.07, 6.45) is 2.80. The van der Waals surface area contributed by atoms with Gasteiger partial charge in [0.15, 0.2) is 17.3 Å². The first-order valence-corrected chi connectivity index (χ1v) is 8.06. The second-order valence-corrected chi connectivity index (χ2v) is 5.66. The van der Waals surface area contributed by atoms with Gasteiger partial charge in [0, 0.05) is 17.8 Å². The quantitative estimate of drug-likeness (QED) is 0.410. The normalized spacial score (nSPS) is 10.6. The summed E-state index contributed by atoms with van der Waals surface area (Å²) in [4.78, 5) is 12.5. The fourth-order valence-corrected chi connectivity index (χ4v) is 2.84. The van der Waals surface area contributed by atoms with Gasteiger partial charge >= 0.3 is 0 Å². The molecule has 0 fully saturated rings. The van der Waals surface area contributed by atoms with Crippen molar-refractivity contribution in [2.45, 2.75) is 0 Å². The second kappa shape index (κ2) is 8.43. The van der Waals surface area contributed by atoms with E-state index in [0.29, 0.717) is 33.0 Å². The Labute approximate surface area is 154 Å². The number of halogens is 1. The van der Waals surface area contributed by atoms with E-state index >= 15 is 0 Å². The minimum absolute atomic E-state index is 0.0913. The maximum absolute atomic E-state index is 12.5. The van der Waals surface area contributed by atoms with Crippen molar-refractivity contribution in [3.05, 3.63) is 52.6 Å². The molecule has 0 aliphatic carbocycles. The molecule has 0 aromatic heterocycles. The molecule has 0 bridgehead atoms. The van der Waals surface area contributed by atoms with Crippen LogP contribution >= 0.6 is 15.9 Å². The van der Waals surface area contributed by atoms with Gasteiger partial charge in [-0.3, -0.25) is 4.79 Å². The fourth-order valence-electron chi connectivity index (χ4n) is 2.19. The highest BCUT2D eigenvalue weighted by Gasteiger charge is 2.21. The first kappa shape index (κ1) is 18.7. The van der Waals surface area contributed by atoms with Crippen molar-refractivity contribution in [3.63, 3.8) is 0 Å². The number of hydrogen-bond donors (Lipinski definition) is 2. The lowest BCUT2D eigenvalue weighted by Gasteiger charge is -2.15. The van der Waals surface area contributed by atoms with E-state index in [-0.39, 0.29) is 11.5 Å². The molecule has 0 atom stereocenters. The maximum atomic E-state index is 12.5. The van der Waals surface area contributed by atoms with Crippen LogP contribution in [-0.4, -0.2) is 32.2 Å². The molecule has 0 saturated heterocycles. The summed E-state index contributed by atoms with van der Waals surface area (Å²) in [5, 5.41) is 12.6. The van der Waals surface area contributed by atoms with Crippen LogP contribution < -0.4 is 19.5 Å². The predicted octanol–water partition coefficient (Wildman–Crippen LogP) is 3.99. The molecule has 25 heavy (non-hydrogen) atoms. The van der Waals surface area contributed by atoms with Gasteiger partial charge in [-0.1, -0.05) is 12.1 Å². The topological polar surface area (TPSA) is 77.0 Å². The number of anilines is 1. The van der Waals surface area contributed by atoms with E-state index in [1.807, 2.05) is 0 Å². The minimum Gasteiger partial charge on any atom is -0.506 e. The van der Waals surface area contributed by atoms with Gasteiger partial charge < -0.3 is 24.6 Å². The number of aromatic hydroxyl groups is 1. The van der Waals surface area contributed by atoms with Crippen LogP contribution in [0.2, 0.25) is 0 Å². The third kappa shape index (κ3) is 4.06. The van der Waals surface area contributed by atoms with E-state index < -0.39 is 0 Å². The molecule has 132 valence electrons. The van der Waals surface area contributed by atoms with Gasteiger partial charge in [0.05, 0.1) is 31.5 Å². The van der Waals surface area contributed by atoms with Crippen LogP contribution in [0, 0.1) is 0 Å². The Kier molecular flexibility index (Phi) is 6.30. The van der Waals surface area contributed by atoms with Crippen molar-refractivity contribution in [3.8, 4) is 23.0 Å². The summed E-state index contributed by atoms with van der Waals surface area (Å²) < 4.78 is 16.3. The molecule has 0 radical (unpaired) electrons. The van der Waals surface area contributed by atoms with E-state index in [1.54, 1.807) is 30.3 Å². The number of methoxy groups -OCH3 is 3. The number of phenolic OH excluding ortho intramolecular Hbond substituents is 1. The zero-order valence-electron chi connectivity index (χ0n) is 14.0. The van der Waals surface area contributed by atoms with Crippen LogP contribution in [0.4, 0.5) is 5.69 Å². The number of rotatable bonds is 7. The highest BCUT2D eigenvalue weighted by atomic mass is 79.9. The standard InChI is InChI=1S/C18H18BrNO5/c1-23-15-10-11(16(19)18(25-3)17(15)24-2)13(21)8-9-20-12-6-4-5-7-14(12)22/h4-10,20,22H,1-3H3/b9-8-. The lowest BCUT2D eigenvalue weighted by Crippen LogP contribution is -2.03. The van der Waals surface area contributed by atoms with Gasteiger partial charge in [-0.2, -0.15) is 0 Å². The molecule has 2 aromatic carbocycles. The molecule has 7 heteroatoms. The Morgan fingerprint density at radius 1 is 1.12 bits per heavy atom. The number of ketones is 1. The highest BCUT2D eigenvalue weighted by molar-refractivity contribution is 9.10. The molecule has 0 unspecified atom stereocenters. The van der Waals surface area contributed by atoms with Crippen LogP contribution in [0.15, 0.2) is 47.1 Å². The van der Waals surface area contributed by atoms with E-state index in [2.05, 4.69) is 21.2 Å². The summed E-state index contributed by atoms with van der Waals surface area (Å²) in [5.74, 6) is 0.951. The highest BCUT2D eigenvalue weighted by Crippen LogP contribution is 2.44. The van der Waals surface area contributed by atoms with Crippen LogP contribution in [0.5, 0.6) is 23.0 Å². The van der Waals surface area contributed by atoms with Gasteiger partial charge in [-0.05, 0) is 34.1 Å². The SMILES string of the molecule is COc1cc(C(=O)/C=C\Nc2ccccc2O)c(Br)c(OC)c1OC. The summed E-state index contributed by atoms with van der Waals surface area (Å²) in [5.41, 5.74) is 0.848. The van der Waals surface area contributed by atoms with Crippen molar-refractivity contribution in [1.29, 1.82) is 0 Å². The summed E-state index contributed by atoms with van der Waals surface area (Å²) >= 11 is 3.37. The smallest absolute Gasteiger partial charge is 0.204 e. The monoisotopic (exact) mass is 407 g/mol. The first-order valence-electron chi connectivity index (χ1n) is 7.27. The summed E-state index contributed by atoms with van der Waals surface area (Å²) in [6.45, 7) is 0.